The number of benzene rings is 1. The van der Waals surface area contributed by atoms with Crippen molar-refractivity contribution in [1.29, 1.82) is 0 Å². The van der Waals surface area contributed by atoms with Crippen molar-refractivity contribution in [3.8, 4) is 11.5 Å². The molecule has 1 aromatic rings. The van der Waals surface area contributed by atoms with Gasteiger partial charge in [-0.15, -0.1) is 0 Å². The lowest BCUT2D eigenvalue weighted by atomic mass is 9.55. The van der Waals surface area contributed by atoms with Crippen molar-refractivity contribution in [1.82, 2.24) is 0 Å². The second kappa shape index (κ2) is 9.29. The second-order valence-electron chi connectivity index (χ2n) is 9.77. The van der Waals surface area contributed by atoms with Crippen LogP contribution in [-0.2, 0) is 20.7 Å². The zero-order chi connectivity index (χ0) is 22.9. The molecular formula is C27H36O5. The molecule has 1 fully saturated rings. The maximum atomic E-state index is 12.5. The summed E-state index contributed by atoms with van der Waals surface area (Å²) in [5.74, 6) is 3.21. The molecular weight excluding hydrogens is 404 g/mol. The summed E-state index contributed by atoms with van der Waals surface area (Å²) in [6.07, 6.45) is 9.33. The molecule has 5 nitrogen and oxygen atoms in total. The summed E-state index contributed by atoms with van der Waals surface area (Å²) in [6.45, 7) is 8.37. The minimum Gasteiger partial charge on any atom is -0.494 e. The number of carbonyl (C=O) groups is 2. The fourth-order valence-corrected chi connectivity index (χ4v) is 6.33. The van der Waals surface area contributed by atoms with Crippen LogP contribution in [0.5, 0.6) is 11.5 Å². The van der Waals surface area contributed by atoms with Crippen LogP contribution in [0.3, 0.4) is 0 Å². The van der Waals surface area contributed by atoms with Crippen molar-refractivity contribution in [2.24, 2.45) is 17.3 Å². The number of esters is 2. The van der Waals surface area contributed by atoms with Gasteiger partial charge in [-0.1, -0.05) is 20.3 Å². The number of fused-ring (bicyclic) bond motifs is 5. The predicted octanol–water partition coefficient (Wildman–Crippen LogP) is 6.09. The second-order valence-corrected chi connectivity index (χ2v) is 9.77. The number of aryl methyl sites for hydroxylation is 1. The quantitative estimate of drug-likeness (QED) is 0.379. The summed E-state index contributed by atoms with van der Waals surface area (Å²) in [5, 5.41) is 0. The molecule has 0 amide bonds. The van der Waals surface area contributed by atoms with Crippen molar-refractivity contribution >= 4 is 11.9 Å². The number of carbonyl (C=O) groups excluding carboxylic acids is 2. The monoisotopic (exact) mass is 440 g/mol. The lowest BCUT2D eigenvalue weighted by molar-refractivity contribution is -0.139. The molecule has 0 radical (unpaired) electrons. The minimum atomic E-state index is -0.237. The van der Waals surface area contributed by atoms with Crippen LogP contribution in [-0.4, -0.2) is 18.5 Å². The Labute approximate surface area is 191 Å². The van der Waals surface area contributed by atoms with E-state index in [1.54, 1.807) is 0 Å². The topological polar surface area (TPSA) is 61.8 Å². The largest absolute Gasteiger partial charge is 0.494 e. The molecule has 4 rings (SSSR count). The molecule has 1 saturated carbocycles. The van der Waals surface area contributed by atoms with Crippen molar-refractivity contribution in [3.63, 3.8) is 0 Å². The summed E-state index contributed by atoms with van der Waals surface area (Å²) >= 11 is 0. The average Bonchev–Trinajstić information content (AvgIpc) is 3.08. The van der Waals surface area contributed by atoms with Gasteiger partial charge in [-0.25, -0.2) is 0 Å². The van der Waals surface area contributed by atoms with Crippen molar-refractivity contribution in [3.05, 3.63) is 35.1 Å². The maximum absolute atomic E-state index is 12.5. The fraction of sp³-hybridized carbons (Fsp3) is 0.630. The average molecular weight is 441 g/mol. The highest BCUT2D eigenvalue weighted by Crippen LogP contribution is 2.62. The van der Waals surface area contributed by atoms with Crippen LogP contribution in [0.2, 0.25) is 0 Å². The van der Waals surface area contributed by atoms with Gasteiger partial charge in [0.25, 0.3) is 0 Å². The van der Waals surface area contributed by atoms with Gasteiger partial charge in [-0.2, -0.15) is 0 Å². The lowest BCUT2D eigenvalue weighted by Gasteiger charge is -2.49. The fourth-order valence-electron chi connectivity index (χ4n) is 6.33. The summed E-state index contributed by atoms with van der Waals surface area (Å²) in [7, 11) is 0. The normalized spacial score (nSPS) is 28.1. The van der Waals surface area contributed by atoms with Crippen molar-refractivity contribution in [2.75, 3.05) is 6.61 Å². The zero-order valence-electron chi connectivity index (χ0n) is 19.9. The van der Waals surface area contributed by atoms with Crippen LogP contribution in [0.4, 0.5) is 0 Å². The first kappa shape index (κ1) is 22.9. The first-order chi connectivity index (χ1) is 15.4. The van der Waals surface area contributed by atoms with Crippen LogP contribution in [0.15, 0.2) is 24.0 Å². The van der Waals surface area contributed by atoms with Gasteiger partial charge < -0.3 is 14.2 Å². The molecule has 0 aliphatic heterocycles. The molecule has 5 heteroatoms. The van der Waals surface area contributed by atoms with E-state index in [2.05, 4.69) is 26.0 Å². The van der Waals surface area contributed by atoms with Crippen LogP contribution in [0.1, 0.15) is 89.7 Å². The molecule has 174 valence electrons. The van der Waals surface area contributed by atoms with Gasteiger partial charge in [-0.05, 0) is 80.9 Å². The summed E-state index contributed by atoms with van der Waals surface area (Å²) in [5.41, 5.74) is 2.37. The first-order valence-electron chi connectivity index (χ1n) is 12.3. The SMILES string of the molecule is CCCCC(=O)Oc1cc(OCC)cc2c1[C@H]1CC[C@]3(C)C(OC(C)=O)=CC[C@H]3[C@@H]1CC2. The smallest absolute Gasteiger partial charge is 0.311 e. The number of allylic oxidation sites excluding steroid dienone is 2. The molecule has 0 spiro atoms. The third kappa shape index (κ3) is 4.18. The van der Waals surface area contributed by atoms with E-state index in [9.17, 15) is 9.59 Å². The van der Waals surface area contributed by atoms with E-state index in [-0.39, 0.29) is 17.4 Å². The van der Waals surface area contributed by atoms with Crippen LogP contribution < -0.4 is 9.47 Å². The third-order valence-electron chi connectivity index (χ3n) is 7.79. The van der Waals surface area contributed by atoms with E-state index in [1.807, 2.05) is 13.0 Å². The van der Waals surface area contributed by atoms with Crippen LogP contribution in [0.25, 0.3) is 0 Å². The van der Waals surface area contributed by atoms with Gasteiger partial charge in [0.2, 0.25) is 0 Å². The van der Waals surface area contributed by atoms with Gasteiger partial charge in [0.05, 0.1) is 6.61 Å². The van der Waals surface area contributed by atoms with Gasteiger partial charge in [0.15, 0.2) is 0 Å². The molecule has 1 aromatic carbocycles. The van der Waals surface area contributed by atoms with E-state index in [1.165, 1.54) is 18.1 Å². The summed E-state index contributed by atoms with van der Waals surface area (Å²) in [4.78, 5) is 24.2. The van der Waals surface area contributed by atoms with Gasteiger partial charge >= 0.3 is 11.9 Å². The number of hydrogen-bond acceptors (Lipinski definition) is 5. The Morgan fingerprint density at radius 3 is 2.69 bits per heavy atom. The Kier molecular flexibility index (Phi) is 6.64. The Balaban J connectivity index is 1.65. The lowest BCUT2D eigenvalue weighted by Crippen LogP contribution is -2.42. The Morgan fingerprint density at radius 2 is 1.97 bits per heavy atom. The number of rotatable bonds is 7. The molecule has 0 saturated heterocycles. The predicted molar refractivity (Wildman–Crippen MR) is 123 cm³/mol. The highest BCUT2D eigenvalue weighted by molar-refractivity contribution is 5.73. The molecule has 3 aliphatic rings. The standard InChI is InChI=1S/C27H36O5/c1-5-7-8-25(29)32-23-16-19(30-6-2)15-18-9-10-20-21(26(18)23)13-14-27(4)22(20)11-12-24(27)31-17(3)28/h12,15-16,20-22H,5-11,13-14H2,1-4H3/t20-,21+,22+,27+/m1/s1. The maximum Gasteiger partial charge on any atom is 0.311 e. The molecule has 0 aromatic heterocycles. The first-order valence-corrected chi connectivity index (χ1v) is 12.3. The molecule has 0 unspecified atom stereocenters. The Bertz CT molecular complexity index is 917. The zero-order valence-corrected chi connectivity index (χ0v) is 19.9. The Morgan fingerprint density at radius 1 is 1.16 bits per heavy atom. The highest BCUT2D eigenvalue weighted by atomic mass is 16.5. The number of ether oxygens (including phenoxy) is 3. The molecule has 4 atom stereocenters. The highest BCUT2D eigenvalue weighted by Gasteiger charge is 2.53. The van der Waals surface area contributed by atoms with E-state index in [0.717, 1.165) is 56.5 Å². The van der Waals surface area contributed by atoms with Crippen molar-refractivity contribution < 1.29 is 23.8 Å². The van der Waals surface area contributed by atoms with Crippen LogP contribution >= 0.6 is 0 Å². The van der Waals surface area contributed by atoms with Gasteiger partial charge in [0, 0.05) is 30.4 Å². The summed E-state index contributed by atoms with van der Waals surface area (Å²) < 4.78 is 17.4. The molecule has 32 heavy (non-hydrogen) atoms. The molecule has 0 bridgehead atoms. The van der Waals surface area contributed by atoms with E-state index in [0.29, 0.717) is 36.5 Å². The van der Waals surface area contributed by atoms with E-state index < -0.39 is 0 Å². The van der Waals surface area contributed by atoms with Crippen LogP contribution in [0, 0.1) is 17.3 Å². The number of unbranched alkanes of at least 4 members (excludes halogenated alkanes) is 1. The number of hydrogen-bond donors (Lipinski definition) is 0. The third-order valence-corrected chi connectivity index (χ3v) is 7.79. The molecule has 3 aliphatic carbocycles. The Hall–Kier alpha value is -2.30. The van der Waals surface area contributed by atoms with E-state index in [4.69, 9.17) is 14.2 Å². The minimum absolute atomic E-state index is 0.0897. The summed E-state index contributed by atoms with van der Waals surface area (Å²) in [6, 6.07) is 4.06. The molecule has 0 N–H and O–H groups in total. The van der Waals surface area contributed by atoms with Gasteiger partial charge in [-0.3, -0.25) is 9.59 Å². The van der Waals surface area contributed by atoms with E-state index >= 15 is 0 Å². The van der Waals surface area contributed by atoms with Gasteiger partial charge in [0.1, 0.15) is 17.3 Å². The molecule has 0 heterocycles. The van der Waals surface area contributed by atoms with Crippen molar-refractivity contribution in [2.45, 2.75) is 85.0 Å².